The van der Waals surface area contributed by atoms with Crippen molar-refractivity contribution in [3.8, 4) is 5.75 Å². The van der Waals surface area contributed by atoms with Crippen LogP contribution in [0.25, 0.3) is 0 Å². The van der Waals surface area contributed by atoms with E-state index in [1.54, 1.807) is 25.1 Å². The minimum atomic E-state index is -3.80. The first kappa shape index (κ1) is 19.2. The standard InChI is InChI=1S/C19H22N2O5S/c1-13-4-7-15(8-5-13)21-12-16(26-19(21)22)11-20-27(23,24)18-10-14(2)6-9-17(18)25-3/h4-10,16,20H,11-12H2,1-3H3. The van der Waals surface area contributed by atoms with E-state index < -0.39 is 22.2 Å². The number of ether oxygens (including phenoxy) is 2. The number of anilines is 1. The molecule has 1 aliphatic heterocycles. The monoisotopic (exact) mass is 390 g/mol. The first-order valence-electron chi connectivity index (χ1n) is 8.49. The first-order valence-corrected chi connectivity index (χ1v) is 9.97. The van der Waals surface area contributed by atoms with Crippen LogP contribution in [0.3, 0.4) is 0 Å². The summed E-state index contributed by atoms with van der Waals surface area (Å²) < 4.78 is 38.2. The molecule has 1 atom stereocenters. The highest BCUT2D eigenvalue weighted by atomic mass is 32.2. The Labute approximate surface area is 158 Å². The third-order valence-electron chi connectivity index (χ3n) is 4.33. The maximum atomic E-state index is 12.6. The molecule has 8 heteroatoms. The third kappa shape index (κ3) is 4.23. The topological polar surface area (TPSA) is 84.9 Å². The van der Waals surface area contributed by atoms with Crippen molar-refractivity contribution in [3.05, 3.63) is 53.6 Å². The van der Waals surface area contributed by atoms with Crippen molar-refractivity contribution in [3.63, 3.8) is 0 Å². The molecule has 2 aromatic carbocycles. The van der Waals surface area contributed by atoms with Crippen LogP contribution in [0.2, 0.25) is 0 Å². The molecule has 1 fully saturated rings. The Kier molecular flexibility index (Phi) is 5.38. The van der Waals surface area contributed by atoms with Crippen LogP contribution in [0.4, 0.5) is 10.5 Å². The molecular weight excluding hydrogens is 368 g/mol. The molecule has 0 saturated carbocycles. The molecule has 1 aliphatic rings. The van der Waals surface area contributed by atoms with Crippen LogP contribution in [-0.2, 0) is 14.8 Å². The van der Waals surface area contributed by atoms with Gasteiger partial charge in [-0.25, -0.2) is 17.9 Å². The number of amides is 1. The molecule has 27 heavy (non-hydrogen) atoms. The lowest BCUT2D eigenvalue weighted by Gasteiger charge is -2.14. The van der Waals surface area contributed by atoms with Gasteiger partial charge in [0.1, 0.15) is 16.7 Å². The van der Waals surface area contributed by atoms with Gasteiger partial charge in [0.25, 0.3) is 0 Å². The number of methoxy groups -OCH3 is 1. The maximum Gasteiger partial charge on any atom is 0.414 e. The molecule has 2 aromatic rings. The first-order chi connectivity index (χ1) is 12.8. The zero-order valence-electron chi connectivity index (χ0n) is 15.4. The Bertz CT molecular complexity index is 941. The Hall–Kier alpha value is -2.58. The highest BCUT2D eigenvalue weighted by Gasteiger charge is 2.33. The number of nitrogens with zero attached hydrogens (tertiary/aromatic N) is 1. The molecule has 0 bridgehead atoms. The summed E-state index contributed by atoms with van der Waals surface area (Å²) in [6.07, 6.45) is -1.07. The normalized spacial score (nSPS) is 17.1. The second kappa shape index (κ2) is 7.58. The van der Waals surface area contributed by atoms with E-state index in [2.05, 4.69) is 4.72 Å². The number of cyclic esters (lactones) is 1. The van der Waals surface area contributed by atoms with Crippen LogP contribution in [0.5, 0.6) is 5.75 Å². The maximum absolute atomic E-state index is 12.6. The Morgan fingerprint density at radius 3 is 2.48 bits per heavy atom. The van der Waals surface area contributed by atoms with Crippen molar-refractivity contribution in [1.82, 2.24) is 4.72 Å². The molecule has 0 aliphatic carbocycles. The minimum absolute atomic E-state index is 0.0203. The summed E-state index contributed by atoms with van der Waals surface area (Å²) in [5, 5.41) is 0. The van der Waals surface area contributed by atoms with E-state index in [4.69, 9.17) is 9.47 Å². The zero-order valence-corrected chi connectivity index (χ0v) is 16.2. The summed E-state index contributed by atoms with van der Waals surface area (Å²) in [4.78, 5) is 13.7. The Morgan fingerprint density at radius 2 is 1.81 bits per heavy atom. The highest BCUT2D eigenvalue weighted by Crippen LogP contribution is 2.25. The number of hydrogen-bond donors (Lipinski definition) is 1. The predicted octanol–water partition coefficient (Wildman–Crippen LogP) is 2.62. The van der Waals surface area contributed by atoms with Crippen LogP contribution in [0.1, 0.15) is 11.1 Å². The van der Waals surface area contributed by atoms with Gasteiger partial charge in [-0.3, -0.25) is 4.90 Å². The van der Waals surface area contributed by atoms with E-state index in [1.165, 1.54) is 12.0 Å². The molecule has 1 saturated heterocycles. The van der Waals surface area contributed by atoms with Gasteiger partial charge in [-0.15, -0.1) is 0 Å². The zero-order chi connectivity index (χ0) is 19.6. The molecule has 1 amide bonds. The molecule has 3 rings (SSSR count). The summed E-state index contributed by atoms with van der Waals surface area (Å²) in [5.74, 6) is 0.262. The second-order valence-electron chi connectivity index (χ2n) is 6.46. The molecule has 1 N–H and O–H groups in total. The van der Waals surface area contributed by atoms with Gasteiger partial charge in [0.05, 0.1) is 13.7 Å². The van der Waals surface area contributed by atoms with E-state index >= 15 is 0 Å². The number of nitrogens with one attached hydrogen (secondary N) is 1. The fourth-order valence-corrected chi connectivity index (χ4v) is 4.16. The lowest BCUT2D eigenvalue weighted by molar-refractivity contribution is 0.143. The number of aryl methyl sites for hydroxylation is 2. The largest absolute Gasteiger partial charge is 0.495 e. The fraction of sp³-hybridized carbons (Fsp3) is 0.316. The van der Waals surface area contributed by atoms with Crippen LogP contribution in [0.15, 0.2) is 47.4 Å². The molecule has 0 radical (unpaired) electrons. The number of carbonyl (C=O) groups excluding carboxylic acids is 1. The van der Waals surface area contributed by atoms with E-state index in [-0.39, 0.29) is 23.7 Å². The van der Waals surface area contributed by atoms with E-state index in [0.717, 1.165) is 16.8 Å². The number of rotatable bonds is 6. The van der Waals surface area contributed by atoms with Crippen LogP contribution >= 0.6 is 0 Å². The molecule has 1 heterocycles. The van der Waals surface area contributed by atoms with Gasteiger partial charge in [-0.2, -0.15) is 0 Å². The Morgan fingerprint density at radius 1 is 1.15 bits per heavy atom. The molecule has 1 unspecified atom stereocenters. The summed E-state index contributed by atoms with van der Waals surface area (Å²) in [5.41, 5.74) is 2.60. The highest BCUT2D eigenvalue weighted by molar-refractivity contribution is 7.89. The number of sulfonamides is 1. The smallest absolute Gasteiger partial charge is 0.414 e. The Balaban J connectivity index is 1.69. The third-order valence-corrected chi connectivity index (χ3v) is 5.77. The van der Waals surface area contributed by atoms with Gasteiger partial charge in [-0.1, -0.05) is 23.8 Å². The van der Waals surface area contributed by atoms with E-state index in [0.29, 0.717) is 0 Å². The average molecular weight is 390 g/mol. The number of benzene rings is 2. The van der Waals surface area contributed by atoms with Crippen LogP contribution in [0, 0.1) is 13.8 Å². The quantitative estimate of drug-likeness (QED) is 0.820. The van der Waals surface area contributed by atoms with Crippen LogP contribution < -0.4 is 14.4 Å². The molecular formula is C19H22N2O5S. The summed E-state index contributed by atoms with van der Waals surface area (Å²) >= 11 is 0. The van der Waals surface area contributed by atoms with Crippen molar-refractivity contribution in [2.24, 2.45) is 0 Å². The lowest BCUT2D eigenvalue weighted by Crippen LogP contribution is -2.34. The minimum Gasteiger partial charge on any atom is -0.495 e. The number of carbonyl (C=O) groups is 1. The molecule has 0 aromatic heterocycles. The second-order valence-corrected chi connectivity index (χ2v) is 8.19. The van der Waals surface area contributed by atoms with Gasteiger partial charge in [0.15, 0.2) is 0 Å². The van der Waals surface area contributed by atoms with E-state index in [1.807, 2.05) is 31.2 Å². The average Bonchev–Trinajstić information content (AvgIpc) is 3.01. The van der Waals surface area contributed by atoms with Crippen molar-refractivity contribution in [1.29, 1.82) is 0 Å². The summed E-state index contributed by atoms with van der Waals surface area (Å²) in [7, 11) is -2.38. The van der Waals surface area contributed by atoms with E-state index in [9.17, 15) is 13.2 Å². The molecule has 0 spiro atoms. The van der Waals surface area contributed by atoms with Crippen molar-refractivity contribution < 1.29 is 22.7 Å². The van der Waals surface area contributed by atoms with Crippen molar-refractivity contribution in [2.75, 3.05) is 25.1 Å². The van der Waals surface area contributed by atoms with Crippen molar-refractivity contribution >= 4 is 21.8 Å². The fourth-order valence-electron chi connectivity index (χ4n) is 2.84. The summed E-state index contributed by atoms with van der Waals surface area (Å²) in [6.45, 7) is 4.02. The predicted molar refractivity (Wildman–Crippen MR) is 102 cm³/mol. The van der Waals surface area contributed by atoms with Crippen molar-refractivity contribution in [2.45, 2.75) is 24.8 Å². The van der Waals surface area contributed by atoms with Gasteiger partial charge in [0.2, 0.25) is 10.0 Å². The van der Waals surface area contributed by atoms with Gasteiger partial charge >= 0.3 is 6.09 Å². The SMILES string of the molecule is COc1ccc(C)cc1S(=O)(=O)NCC1CN(c2ccc(C)cc2)C(=O)O1. The molecule has 144 valence electrons. The van der Waals surface area contributed by atoms with Gasteiger partial charge in [0, 0.05) is 12.2 Å². The van der Waals surface area contributed by atoms with Gasteiger partial charge in [-0.05, 0) is 43.7 Å². The van der Waals surface area contributed by atoms with Crippen LogP contribution in [-0.4, -0.2) is 40.8 Å². The summed E-state index contributed by atoms with van der Waals surface area (Å²) in [6, 6.07) is 12.4. The lowest BCUT2D eigenvalue weighted by atomic mass is 10.2. The van der Waals surface area contributed by atoms with Gasteiger partial charge < -0.3 is 9.47 Å². The number of hydrogen-bond acceptors (Lipinski definition) is 5. The molecule has 7 nitrogen and oxygen atoms in total.